The van der Waals surface area contributed by atoms with Crippen LogP contribution in [0.15, 0.2) is 42.5 Å². The molecule has 2 rings (SSSR count). The van der Waals surface area contributed by atoms with Crippen LogP contribution in [0.5, 0.6) is 0 Å². The van der Waals surface area contributed by atoms with Gasteiger partial charge in [-0.15, -0.1) is 0 Å². The molecule has 0 aliphatic rings. The number of carbonyl (C=O) groups excluding carboxylic acids is 1. The standard InChI is InChI=1S/C17H19NO3/c1-17(2,3)14(16(20)21)18-15(19)13-10-6-8-11-7-4-5-9-12(11)13/h4-10,14H,1-3H3,(H,18,19)(H,20,21)/t14-/m0/s1. The van der Waals surface area contributed by atoms with Gasteiger partial charge in [0, 0.05) is 5.56 Å². The molecule has 0 saturated carbocycles. The van der Waals surface area contributed by atoms with E-state index in [1.165, 1.54) is 0 Å². The lowest BCUT2D eigenvalue weighted by Gasteiger charge is -2.27. The van der Waals surface area contributed by atoms with Crippen molar-refractivity contribution in [3.05, 3.63) is 48.0 Å². The number of fused-ring (bicyclic) bond motifs is 1. The van der Waals surface area contributed by atoms with Gasteiger partial charge >= 0.3 is 5.97 Å². The van der Waals surface area contributed by atoms with Crippen LogP contribution in [0.1, 0.15) is 31.1 Å². The molecule has 2 N–H and O–H groups in total. The van der Waals surface area contributed by atoms with Crippen molar-refractivity contribution >= 4 is 22.6 Å². The third-order valence-corrected chi connectivity index (χ3v) is 3.42. The van der Waals surface area contributed by atoms with Gasteiger partial charge in [-0.2, -0.15) is 0 Å². The van der Waals surface area contributed by atoms with Gasteiger partial charge < -0.3 is 10.4 Å². The fourth-order valence-electron chi connectivity index (χ4n) is 2.28. The Hall–Kier alpha value is -2.36. The number of amides is 1. The van der Waals surface area contributed by atoms with Crippen molar-refractivity contribution in [2.24, 2.45) is 5.41 Å². The largest absolute Gasteiger partial charge is 0.480 e. The zero-order valence-corrected chi connectivity index (χ0v) is 12.4. The molecule has 0 aromatic heterocycles. The molecule has 0 heterocycles. The second-order valence-corrected chi connectivity index (χ2v) is 6.14. The van der Waals surface area contributed by atoms with Crippen LogP contribution in [0.4, 0.5) is 0 Å². The Kier molecular flexibility index (Phi) is 3.98. The second kappa shape index (κ2) is 5.56. The van der Waals surface area contributed by atoms with E-state index in [0.717, 1.165) is 10.8 Å². The van der Waals surface area contributed by atoms with Gasteiger partial charge in [0.2, 0.25) is 0 Å². The average Bonchev–Trinajstić information content (AvgIpc) is 2.42. The number of nitrogens with one attached hydrogen (secondary N) is 1. The number of aliphatic carboxylic acids is 1. The first-order valence-electron chi connectivity index (χ1n) is 6.82. The molecule has 0 radical (unpaired) electrons. The molecular formula is C17H19NO3. The molecule has 2 aromatic rings. The number of carbonyl (C=O) groups is 2. The number of benzene rings is 2. The molecule has 0 spiro atoms. The van der Waals surface area contributed by atoms with Gasteiger partial charge in [0.15, 0.2) is 0 Å². The van der Waals surface area contributed by atoms with Crippen LogP contribution in [-0.2, 0) is 4.79 Å². The predicted molar refractivity (Wildman–Crippen MR) is 82.3 cm³/mol. The molecule has 110 valence electrons. The Labute approximate surface area is 123 Å². The number of rotatable bonds is 3. The molecule has 1 atom stereocenters. The summed E-state index contributed by atoms with van der Waals surface area (Å²) in [5.41, 5.74) is -0.0740. The van der Waals surface area contributed by atoms with Crippen molar-refractivity contribution < 1.29 is 14.7 Å². The molecule has 0 aliphatic carbocycles. The van der Waals surface area contributed by atoms with Crippen LogP contribution in [0.3, 0.4) is 0 Å². The molecule has 2 aromatic carbocycles. The van der Waals surface area contributed by atoms with Gasteiger partial charge in [0.25, 0.3) is 5.91 Å². The van der Waals surface area contributed by atoms with E-state index in [2.05, 4.69) is 5.32 Å². The number of carboxylic acid groups (broad SMARTS) is 1. The smallest absolute Gasteiger partial charge is 0.326 e. The van der Waals surface area contributed by atoms with Gasteiger partial charge in [0.05, 0.1) is 0 Å². The first-order valence-corrected chi connectivity index (χ1v) is 6.82. The van der Waals surface area contributed by atoms with Crippen molar-refractivity contribution in [1.29, 1.82) is 0 Å². The maximum absolute atomic E-state index is 12.4. The molecule has 0 fully saturated rings. The van der Waals surface area contributed by atoms with E-state index in [-0.39, 0.29) is 5.91 Å². The van der Waals surface area contributed by atoms with Crippen molar-refractivity contribution in [3.63, 3.8) is 0 Å². The van der Waals surface area contributed by atoms with Crippen LogP contribution in [0.2, 0.25) is 0 Å². The van der Waals surface area contributed by atoms with E-state index in [1.807, 2.05) is 30.3 Å². The van der Waals surface area contributed by atoms with Crippen LogP contribution < -0.4 is 5.32 Å². The lowest BCUT2D eigenvalue weighted by molar-refractivity contribution is -0.142. The Bertz CT molecular complexity index is 680. The van der Waals surface area contributed by atoms with Gasteiger partial charge in [-0.05, 0) is 22.3 Å². The summed E-state index contributed by atoms with van der Waals surface area (Å²) in [6.45, 7) is 5.36. The first kappa shape index (κ1) is 15.0. The molecule has 0 unspecified atom stereocenters. The summed E-state index contributed by atoms with van der Waals surface area (Å²) in [6, 6.07) is 12.0. The fourth-order valence-corrected chi connectivity index (χ4v) is 2.28. The van der Waals surface area contributed by atoms with E-state index in [4.69, 9.17) is 0 Å². The highest BCUT2D eigenvalue weighted by Crippen LogP contribution is 2.22. The average molecular weight is 285 g/mol. The Balaban J connectivity index is 2.37. The van der Waals surface area contributed by atoms with Crippen LogP contribution in [0.25, 0.3) is 10.8 Å². The Morgan fingerprint density at radius 1 is 1.05 bits per heavy atom. The van der Waals surface area contributed by atoms with Crippen LogP contribution >= 0.6 is 0 Å². The number of hydrogen-bond acceptors (Lipinski definition) is 2. The van der Waals surface area contributed by atoms with Crippen molar-refractivity contribution in [2.45, 2.75) is 26.8 Å². The Morgan fingerprint density at radius 2 is 1.67 bits per heavy atom. The molecular weight excluding hydrogens is 266 g/mol. The molecule has 0 bridgehead atoms. The zero-order valence-electron chi connectivity index (χ0n) is 12.4. The van der Waals surface area contributed by atoms with E-state index in [0.29, 0.717) is 5.56 Å². The molecule has 21 heavy (non-hydrogen) atoms. The third kappa shape index (κ3) is 3.21. The van der Waals surface area contributed by atoms with Crippen molar-refractivity contribution in [3.8, 4) is 0 Å². The van der Waals surface area contributed by atoms with Gasteiger partial charge in [0.1, 0.15) is 6.04 Å². The zero-order chi connectivity index (χ0) is 15.6. The number of carboxylic acids is 1. The quantitative estimate of drug-likeness (QED) is 0.910. The predicted octanol–water partition coefficient (Wildman–Crippen LogP) is 3.07. The minimum Gasteiger partial charge on any atom is -0.480 e. The maximum atomic E-state index is 12.4. The van der Waals surface area contributed by atoms with E-state index in [1.54, 1.807) is 32.9 Å². The minimum atomic E-state index is -1.03. The van der Waals surface area contributed by atoms with E-state index >= 15 is 0 Å². The topological polar surface area (TPSA) is 66.4 Å². The highest BCUT2D eigenvalue weighted by molar-refractivity contribution is 6.07. The van der Waals surface area contributed by atoms with Gasteiger partial charge in [-0.1, -0.05) is 57.2 Å². The van der Waals surface area contributed by atoms with Crippen LogP contribution in [-0.4, -0.2) is 23.0 Å². The van der Waals surface area contributed by atoms with Crippen LogP contribution in [0, 0.1) is 5.41 Å². The molecule has 0 aliphatic heterocycles. The SMILES string of the molecule is CC(C)(C)[C@@H](NC(=O)c1cccc2ccccc12)C(=O)O. The number of hydrogen-bond donors (Lipinski definition) is 2. The highest BCUT2D eigenvalue weighted by Gasteiger charge is 2.33. The van der Waals surface area contributed by atoms with Crippen molar-refractivity contribution in [2.75, 3.05) is 0 Å². The summed E-state index contributed by atoms with van der Waals surface area (Å²) in [6.07, 6.45) is 0. The van der Waals surface area contributed by atoms with Gasteiger partial charge in [-0.3, -0.25) is 4.79 Å². The van der Waals surface area contributed by atoms with E-state index in [9.17, 15) is 14.7 Å². The third-order valence-electron chi connectivity index (χ3n) is 3.42. The molecule has 0 saturated heterocycles. The summed E-state index contributed by atoms with van der Waals surface area (Å²) in [5, 5.41) is 13.7. The second-order valence-electron chi connectivity index (χ2n) is 6.14. The van der Waals surface area contributed by atoms with Gasteiger partial charge in [-0.25, -0.2) is 4.79 Å². The molecule has 4 heteroatoms. The summed E-state index contributed by atoms with van der Waals surface area (Å²) < 4.78 is 0. The fraction of sp³-hybridized carbons (Fsp3) is 0.294. The monoisotopic (exact) mass is 285 g/mol. The summed E-state index contributed by atoms with van der Waals surface area (Å²) in [4.78, 5) is 23.8. The normalized spacial score (nSPS) is 12.9. The lowest BCUT2D eigenvalue weighted by Crippen LogP contribution is -2.49. The maximum Gasteiger partial charge on any atom is 0.326 e. The minimum absolute atomic E-state index is 0.367. The summed E-state index contributed by atoms with van der Waals surface area (Å²) in [7, 11) is 0. The summed E-state index contributed by atoms with van der Waals surface area (Å²) >= 11 is 0. The highest BCUT2D eigenvalue weighted by atomic mass is 16.4. The lowest BCUT2D eigenvalue weighted by atomic mass is 9.86. The summed E-state index contributed by atoms with van der Waals surface area (Å²) in [5.74, 6) is -1.40. The first-order chi connectivity index (χ1) is 9.80. The Morgan fingerprint density at radius 3 is 2.29 bits per heavy atom. The molecule has 1 amide bonds. The van der Waals surface area contributed by atoms with Crippen molar-refractivity contribution in [1.82, 2.24) is 5.32 Å². The molecule has 4 nitrogen and oxygen atoms in total. The van der Waals surface area contributed by atoms with E-state index < -0.39 is 17.4 Å².